The zero-order chi connectivity index (χ0) is 14.5. The van der Waals surface area contributed by atoms with E-state index < -0.39 is 0 Å². The third kappa shape index (κ3) is 4.26. The lowest BCUT2D eigenvalue weighted by molar-refractivity contribution is -0.114. The van der Waals surface area contributed by atoms with E-state index in [1.807, 2.05) is 19.1 Å². The molecule has 0 unspecified atom stereocenters. The molecule has 0 atom stereocenters. The lowest BCUT2D eigenvalue weighted by Crippen LogP contribution is -2.20. The molecule has 110 valence electrons. The maximum absolute atomic E-state index is 11.1. The van der Waals surface area contributed by atoms with Crippen LogP contribution in [0.25, 0.3) is 0 Å². The van der Waals surface area contributed by atoms with E-state index in [0.717, 1.165) is 35.3 Å². The summed E-state index contributed by atoms with van der Waals surface area (Å²) >= 11 is 0. The summed E-state index contributed by atoms with van der Waals surface area (Å²) in [5, 5.41) is 6.38. The van der Waals surface area contributed by atoms with Crippen LogP contribution in [0, 0.1) is 18.8 Å². The third-order valence-electron chi connectivity index (χ3n) is 4.27. The third-order valence-corrected chi connectivity index (χ3v) is 4.27. The number of benzene rings is 1. The van der Waals surface area contributed by atoms with Gasteiger partial charge in [-0.15, -0.1) is 0 Å². The summed E-state index contributed by atoms with van der Waals surface area (Å²) in [5.41, 5.74) is 3.15. The molecule has 1 aliphatic rings. The van der Waals surface area contributed by atoms with Crippen molar-refractivity contribution < 1.29 is 4.79 Å². The van der Waals surface area contributed by atoms with Gasteiger partial charge >= 0.3 is 0 Å². The summed E-state index contributed by atoms with van der Waals surface area (Å²) in [6.45, 7) is 6.98. The van der Waals surface area contributed by atoms with Crippen molar-refractivity contribution in [3.8, 4) is 0 Å². The number of aryl methyl sites for hydroxylation is 1. The van der Waals surface area contributed by atoms with Crippen LogP contribution in [-0.4, -0.2) is 12.5 Å². The molecule has 0 spiro atoms. The molecule has 1 aliphatic carbocycles. The Kier molecular flexibility index (Phi) is 5.05. The van der Waals surface area contributed by atoms with Crippen molar-refractivity contribution in [2.45, 2.75) is 46.5 Å². The first-order chi connectivity index (χ1) is 9.54. The van der Waals surface area contributed by atoms with Crippen molar-refractivity contribution in [3.05, 3.63) is 23.8 Å². The molecular formula is C17H26N2O. The summed E-state index contributed by atoms with van der Waals surface area (Å²) in [5.74, 6) is 1.69. The number of rotatable bonds is 4. The van der Waals surface area contributed by atoms with Gasteiger partial charge in [0.25, 0.3) is 0 Å². The zero-order valence-corrected chi connectivity index (χ0v) is 12.8. The predicted octanol–water partition coefficient (Wildman–Crippen LogP) is 4.19. The maximum Gasteiger partial charge on any atom is 0.221 e. The lowest BCUT2D eigenvalue weighted by atomic mass is 9.83. The Bertz CT molecular complexity index is 462. The molecule has 0 saturated heterocycles. The highest BCUT2D eigenvalue weighted by molar-refractivity contribution is 5.89. The molecule has 2 N–H and O–H groups in total. The molecular weight excluding hydrogens is 248 g/mol. The number of carbonyl (C=O) groups is 1. The van der Waals surface area contributed by atoms with Crippen molar-refractivity contribution in [1.82, 2.24) is 0 Å². The monoisotopic (exact) mass is 274 g/mol. The maximum atomic E-state index is 11.1. The number of nitrogens with one attached hydrogen (secondary N) is 2. The SMILES string of the molecule is CC(=O)Nc1ccc(NCC2CCC(C)CC2)cc1C. The summed E-state index contributed by atoms with van der Waals surface area (Å²) < 4.78 is 0. The largest absolute Gasteiger partial charge is 0.385 e. The minimum absolute atomic E-state index is 0.0230. The van der Waals surface area contributed by atoms with Gasteiger partial charge in [-0.05, 0) is 55.4 Å². The fraction of sp³-hybridized carbons (Fsp3) is 0.588. The van der Waals surface area contributed by atoms with Gasteiger partial charge in [0.2, 0.25) is 5.91 Å². The van der Waals surface area contributed by atoms with E-state index in [9.17, 15) is 4.79 Å². The van der Waals surface area contributed by atoms with E-state index in [1.54, 1.807) is 0 Å². The molecule has 0 radical (unpaired) electrons. The summed E-state index contributed by atoms with van der Waals surface area (Å²) in [6, 6.07) is 6.13. The molecule has 3 nitrogen and oxygen atoms in total. The van der Waals surface area contributed by atoms with Gasteiger partial charge in [0.05, 0.1) is 0 Å². The molecule has 1 aromatic rings. The molecule has 3 heteroatoms. The van der Waals surface area contributed by atoms with Crippen LogP contribution in [0.3, 0.4) is 0 Å². The molecule has 20 heavy (non-hydrogen) atoms. The van der Waals surface area contributed by atoms with E-state index in [0.29, 0.717) is 0 Å². The van der Waals surface area contributed by atoms with Gasteiger partial charge in [0, 0.05) is 24.8 Å². The molecule has 1 aromatic carbocycles. The van der Waals surface area contributed by atoms with Crippen molar-refractivity contribution >= 4 is 17.3 Å². The smallest absolute Gasteiger partial charge is 0.221 e. The highest BCUT2D eigenvalue weighted by atomic mass is 16.1. The number of anilines is 2. The highest BCUT2D eigenvalue weighted by Gasteiger charge is 2.17. The molecule has 1 amide bonds. The van der Waals surface area contributed by atoms with Crippen molar-refractivity contribution in [2.75, 3.05) is 17.2 Å². The number of carbonyl (C=O) groups excluding carboxylic acids is 1. The zero-order valence-electron chi connectivity index (χ0n) is 12.8. The summed E-state index contributed by atoms with van der Waals surface area (Å²) in [4.78, 5) is 11.1. The molecule has 1 saturated carbocycles. The first kappa shape index (κ1) is 14.9. The fourth-order valence-corrected chi connectivity index (χ4v) is 2.90. The average Bonchev–Trinajstić information content (AvgIpc) is 2.40. The van der Waals surface area contributed by atoms with Crippen LogP contribution in [0.1, 0.15) is 45.1 Å². The van der Waals surface area contributed by atoms with Crippen LogP contribution in [0.4, 0.5) is 11.4 Å². The van der Waals surface area contributed by atoms with Gasteiger partial charge in [-0.2, -0.15) is 0 Å². The Labute approximate surface area is 122 Å². The Morgan fingerprint density at radius 3 is 2.55 bits per heavy atom. The van der Waals surface area contributed by atoms with E-state index in [1.165, 1.54) is 32.6 Å². The van der Waals surface area contributed by atoms with Gasteiger partial charge < -0.3 is 10.6 Å². The fourth-order valence-electron chi connectivity index (χ4n) is 2.90. The quantitative estimate of drug-likeness (QED) is 0.864. The van der Waals surface area contributed by atoms with E-state index in [-0.39, 0.29) is 5.91 Å². The van der Waals surface area contributed by atoms with E-state index >= 15 is 0 Å². The van der Waals surface area contributed by atoms with Crippen LogP contribution in [0.2, 0.25) is 0 Å². The number of hydrogen-bond acceptors (Lipinski definition) is 2. The van der Waals surface area contributed by atoms with Gasteiger partial charge in [-0.25, -0.2) is 0 Å². The van der Waals surface area contributed by atoms with Crippen molar-refractivity contribution in [2.24, 2.45) is 11.8 Å². The van der Waals surface area contributed by atoms with Gasteiger partial charge in [0.1, 0.15) is 0 Å². The van der Waals surface area contributed by atoms with Crippen LogP contribution in [0.5, 0.6) is 0 Å². The topological polar surface area (TPSA) is 41.1 Å². The van der Waals surface area contributed by atoms with Gasteiger partial charge in [-0.1, -0.05) is 19.8 Å². The van der Waals surface area contributed by atoms with Crippen LogP contribution in [-0.2, 0) is 4.79 Å². The summed E-state index contributed by atoms with van der Waals surface area (Å²) in [7, 11) is 0. The molecule has 0 heterocycles. The second-order valence-corrected chi connectivity index (χ2v) is 6.22. The van der Waals surface area contributed by atoms with Crippen LogP contribution < -0.4 is 10.6 Å². The Morgan fingerprint density at radius 1 is 1.25 bits per heavy atom. The van der Waals surface area contributed by atoms with Gasteiger partial charge in [0.15, 0.2) is 0 Å². The second kappa shape index (κ2) is 6.78. The average molecular weight is 274 g/mol. The standard InChI is InChI=1S/C17H26N2O/c1-12-4-6-15(7-5-12)11-18-16-8-9-17(13(2)10-16)19-14(3)20/h8-10,12,15,18H,4-7,11H2,1-3H3,(H,19,20). The molecule has 0 bridgehead atoms. The molecule has 1 fully saturated rings. The van der Waals surface area contributed by atoms with E-state index in [4.69, 9.17) is 0 Å². The highest BCUT2D eigenvalue weighted by Crippen LogP contribution is 2.28. The minimum Gasteiger partial charge on any atom is -0.385 e. The number of amides is 1. The lowest BCUT2D eigenvalue weighted by Gasteiger charge is -2.26. The Hall–Kier alpha value is -1.51. The van der Waals surface area contributed by atoms with Crippen LogP contribution >= 0.6 is 0 Å². The first-order valence-electron chi connectivity index (χ1n) is 7.66. The van der Waals surface area contributed by atoms with Crippen LogP contribution in [0.15, 0.2) is 18.2 Å². The minimum atomic E-state index is -0.0230. The Balaban J connectivity index is 1.87. The van der Waals surface area contributed by atoms with Crippen molar-refractivity contribution in [1.29, 1.82) is 0 Å². The normalized spacial score (nSPS) is 22.4. The molecule has 2 rings (SSSR count). The Morgan fingerprint density at radius 2 is 1.95 bits per heavy atom. The first-order valence-corrected chi connectivity index (χ1v) is 7.66. The van der Waals surface area contributed by atoms with E-state index in [2.05, 4.69) is 23.6 Å². The second-order valence-electron chi connectivity index (χ2n) is 6.22. The molecule has 0 aromatic heterocycles. The summed E-state index contributed by atoms with van der Waals surface area (Å²) in [6.07, 6.45) is 5.42. The van der Waals surface area contributed by atoms with Crippen molar-refractivity contribution in [3.63, 3.8) is 0 Å². The van der Waals surface area contributed by atoms with Gasteiger partial charge in [-0.3, -0.25) is 4.79 Å². The number of hydrogen-bond donors (Lipinski definition) is 2. The molecule has 0 aliphatic heterocycles. The predicted molar refractivity (Wildman–Crippen MR) is 85.1 cm³/mol.